The molecule has 1 aliphatic carbocycles. The lowest BCUT2D eigenvalue weighted by Gasteiger charge is -2.37. The van der Waals surface area contributed by atoms with Crippen LogP contribution in [0.5, 0.6) is 0 Å². The number of benzene rings is 1. The smallest absolute Gasteiger partial charge is 0.243 e. The number of hydrogen-bond donors (Lipinski definition) is 0. The second kappa shape index (κ2) is 6.68. The van der Waals surface area contributed by atoms with Gasteiger partial charge in [0.2, 0.25) is 16.0 Å². The first-order chi connectivity index (χ1) is 12.2. The molecule has 0 radical (unpaired) electrons. The molecule has 0 amide bonds. The molecule has 0 spiro atoms. The maximum Gasteiger partial charge on any atom is 0.243 e. The van der Waals surface area contributed by atoms with E-state index in [-0.39, 0.29) is 12.1 Å². The predicted molar refractivity (Wildman–Crippen MR) is 93.6 cm³/mol. The molecule has 1 aromatic heterocycles. The highest BCUT2D eigenvalue weighted by Gasteiger charge is 2.43. The van der Waals surface area contributed by atoms with Crippen LogP contribution in [0.2, 0.25) is 0 Å². The summed E-state index contributed by atoms with van der Waals surface area (Å²) in [7, 11) is -3.45. The van der Waals surface area contributed by atoms with Gasteiger partial charge in [-0.2, -0.15) is 4.31 Å². The van der Waals surface area contributed by atoms with Crippen LogP contribution in [0.1, 0.15) is 25.7 Å². The Kier molecular flexibility index (Phi) is 4.39. The monoisotopic (exact) mass is 359 g/mol. The number of sulfonamides is 1. The second-order valence-corrected chi connectivity index (χ2v) is 8.38. The molecule has 7 nitrogen and oxygen atoms in total. The zero-order chi connectivity index (χ0) is 17.3. The molecule has 2 aromatic rings. The van der Waals surface area contributed by atoms with Gasteiger partial charge in [0.15, 0.2) is 0 Å². The van der Waals surface area contributed by atoms with E-state index < -0.39 is 10.0 Å². The van der Waals surface area contributed by atoms with E-state index in [1.807, 2.05) is 6.07 Å². The molecule has 132 valence electrons. The van der Waals surface area contributed by atoms with Crippen molar-refractivity contribution in [2.45, 2.75) is 42.7 Å². The molecular formula is C17H21N5O2S. The fourth-order valence-electron chi connectivity index (χ4n) is 3.45. The number of rotatable bonds is 5. The van der Waals surface area contributed by atoms with Gasteiger partial charge >= 0.3 is 0 Å². The van der Waals surface area contributed by atoms with E-state index in [4.69, 9.17) is 0 Å². The molecule has 2 fully saturated rings. The first kappa shape index (κ1) is 16.4. The lowest BCUT2D eigenvalue weighted by atomic mass is 10.1. The number of aromatic nitrogens is 3. The Morgan fingerprint density at radius 3 is 2.12 bits per heavy atom. The standard InChI is InChI=1S/C17H21N5O2S/c23-25(24,16-4-2-1-3-5-16)22(14-6-7-14)15-8-10-21(11-9-15)17-19-12-18-13-20-17/h1-5,12-15H,6-11H2. The van der Waals surface area contributed by atoms with Crippen molar-refractivity contribution < 1.29 is 8.42 Å². The van der Waals surface area contributed by atoms with Gasteiger partial charge in [-0.15, -0.1) is 0 Å². The van der Waals surface area contributed by atoms with Crippen LogP contribution in [0.25, 0.3) is 0 Å². The van der Waals surface area contributed by atoms with Gasteiger partial charge in [-0.25, -0.2) is 23.4 Å². The van der Waals surface area contributed by atoms with E-state index in [1.165, 1.54) is 12.7 Å². The number of nitrogens with zero attached hydrogens (tertiary/aromatic N) is 5. The summed E-state index contributed by atoms with van der Waals surface area (Å²) >= 11 is 0. The molecule has 4 rings (SSSR count). The third-order valence-corrected chi connectivity index (χ3v) is 6.83. The molecule has 1 aliphatic heterocycles. The van der Waals surface area contributed by atoms with Crippen molar-refractivity contribution >= 4 is 16.0 Å². The van der Waals surface area contributed by atoms with Crippen molar-refractivity contribution in [2.24, 2.45) is 0 Å². The summed E-state index contributed by atoms with van der Waals surface area (Å²) in [5.74, 6) is 0.664. The highest BCUT2D eigenvalue weighted by atomic mass is 32.2. The molecule has 0 unspecified atom stereocenters. The first-order valence-electron chi connectivity index (χ1n) is 8.62. The predicted octanol–water partition coefficient (Wildman–Crippen LogP) is 1.69. The van der Waals surface area contributed by atoms with Gasteiger partial charge in [-0.05, 0) is 37.8 Å². The zero-order valence-corrected chi connectivity index (χ0v) is 14.7. The van der Waals surface area contributed by atoms with Crippen molar-refractivity contribution in [3.05, 3.63) is 43.0 Å². The topological polar surface area (TPSA) is 79.3 Å². The van der Waals surface area contributed by atoms with Crippen LogP contribution in [0.15, 0.2) is 47.9 Å². The number of piperidine rings is 1. The number of hydrogen-bond acceptors (Lipinski definition) is 6. The highest BCUT2D eigenvalue weighted by molar-refractivity contribution is 7.89. The van der Waals surface area contributed by atoms with Crippen LogP contribution in [-0.4, -0.2) is 52.8 Å². The molecule has 8 heteroatoms. The molecule has 0 N–H and O–H groups in total. The van der Waals surface area contributed by atoms with E-state index in [0.29, 0.717) is 10.8 Å². The normalized spacial score (nSPS) is 19.3. The van der Waals surface area contributed by atoms with Gasteiger partial charge in [0.05, 0.1) is 4.90 Å². The maximum absolute atomic E-state index is 13.1. The Morgan fingerprint density at radius 1 is 0.920 bits per heavy atom. The molecule has 1 saturated heterocycles. The van der Waals surface area contributed by atoms with Gasteiger partial charge in [0, 0.05) is 25.2 Å². The van der Waals surface area contributed by atoms with Crippen LogP contribution in [0.3, 0.4) is 0 Å². The average Bonchev–Trinajstić information content (AvgIpc) is 3.49. The average molecular weight is 359 g/mol. The summed E-state index contributed by atoms with van der Waals surface area (Å²) in [6.07, 6.45) is 6.47. The SMILES string of the molecule is O=S(=O)(c1ccccc1)N(C1CC1)C1CCN(c2ncncn2)CC1. The molecule has 2 heterocycles. The fourth-order valence-corrected chi connectivity index (χ4v) is 5.40. The maximum atomic E-state index is 13.1. The summed E-state index contributed by atoms with van der Waals surface area (Å²) in [5.41, 5.74) is 0. The Hall–Kier alpha value is -2.06. The Morgan fingerprint density at radius 2 is 1.52 bits per heavy atom. The van der Waals surface area contributed by atoms with Gasteiger partial charge in [-0.1, -0.05) is 18.2 Å². The zero-order valence-electron chi connectivity index (χ0n) is 13.9. The van der Waals surface area contributed by atoms with Crippen LogP contribution < -0.4 is 4.90 Å². The minimum absolute atomic E-state index is 0.0378. The largest absolute Gasteiger partial charge is 0.341 e. The van der Waals surface area contributed by atoms with Crippen molar-refractivity contribution in [1.29, 1.82) is 0 Å². The fraction of sp³-hybridized carbons (Fsp3) is 0.471. The highest BCUT2D eigenvalue weighted by Crippen LogP contribution is 2.36. The Balaban J connectivity index is 1.52. The summed E-state index contributed by atoms with van der Waals surface area (Å²) in [6.45, 7) is 1.50. The van der Waals surface area contributed by atoms with Crippen LogP contribution in [-0.2, 0) is 10.0 Å². The van der Waals surface area contributed by atoms with Crippen molar-refractivity contribution in [2.75, 3.05) is 18.0 Å². The first-order valence-corrected chi connectivity index (χ1v) is 10.1. The molecule has 1 saturated carbocycles. The lowest BCUT2D eigenvalue weighted by molar-refractivity contribution is 0.266. The van der Waals surface area contributed by atoms with Crippen molar-refractivity contribution in [3.63, 3.8) is 0 Å². The summed E-state index contributed by atoms with van der Waals surface area (Å²) < 4.78 is 28.1. The van der Waals surface area contributed by atoms with Crippen molar-refractivity contribution in [3.8, 4) is 0 Å². The van der Waals surface area contributed by atoms with Gasteiger partial charge in [0.25, 0.3) is 0 Å². The van der Waals surface area contributed by atoms with Crippen LogP contribution in [0.4, 0.5) is 5.95 Å². The minimum atomic E-state index is -3.45. The molecule has 1 aromatic carbocycles. The molecule has 0 atom stereocenters. The number of anilines is 1. The Labute approximate surface area is 147 Å². The Bertz CT molecular complexity index is 803. The van der Waals surface area contributed by atoms with Gasteiger partial charge < -0.3 is 4.90 Å². The molecule has 25 heavy (non-hydrogen) atoms. The lowest BCUT2D eigenvalue weighted by Crippen LogP contribution is -2.48. The quantitative estimate of drug-likeness (QED) is 0.808. The van der Waals surface area contributed by atoms with Crippen LogP contribution in [0, 0.1) is 0 Å². The van der Waals surface area contributed by atoms with Gasteiger partial charge in [-0.3, -0.25) is 0 Å². The summed E-state index contributed by atoms with van der Waals surface area (Å²) in [6, 6.07) is 8.96. The van der Waals surface area contributed by atoms with E-state index in [0.717, 1.165) is 38.8 Å². The van der Waals surface area contributed by atoms with Crippen molar-refractivity contribution in [1.82, 2.24) is 19.3 Å². The van der Waals surface area contributed by atoms with Crippen LogP contribution >= 0.6 is 0 Å². The molecular weight excluding hydrogens is 338 g/mol. The third kappa shape index (κ3) is 3.36. The molecule has 0 bridgehead atoms. The summed E-state index contributed by atoms with van der Waals surface area (Å²) in [4.78, 5) is 14.7. The molecule has 2 aliphatic rings. The van der Waals surface area contributed by atoms with Gasteiger partial charge in [0.1, 0.15) is 12.7 Å². The third-order valence-electron chi connectivity index (χ3n) is 4.81. The minimum Gasteiger partial charge on any atom is -0.341 e. The van der Waals surface area contributed by atoms with E-state index >= 15 is 0 Å². The summed E-state index contributed by atoms with van der Waals surface area (Å²) in [5, 5.41) is 0. The van der Waals surface area contributed by atoms with E-state index in [9.17, 15) is 8.42 Å². The van der Waals surface area contributed by atoms with E-state index in [2.05, 4.69) is 19.9 Å². The second-order valence-electron chi connectivity index (χ2n) is 6.54. The van der Waals surface area contributed by atoms with E-state index in [1.54, 1.807) is 28.6 Å².